The summed E-state index contributed by atoms with van der Waals surface area (Å²) in [6, 6.07) is 17.0. The SMILES string of the molecule is CC(=O)N1c2ccc(S(=O)(=O)N3CCN(Cc4ccc(C)cc4)c4ncccc43)cc2CC1C. The molecule has 0 radical (unpaired) electrons. The lowest BCUT2D eigenvalue weighted by atomic mass is 10.1. The Hall–Kier alpha value is -3.39. The maximum absolute atomic E-state index is 13.7. The average molecular weight is 477 g/mol. The molecule has 176 valence electrons. The number of aryl methyl sites for hydroxylation is 1. The van der Waals surface area contributed by atoms with Crippen molar-refractivity contribution >= 4 is 33.1 Å². The number of aromatic nitrogens is 1. The van der Waals surface area contributed by atoms with Crippen LogP contribution in [0.25, 0.3) is 0 Å². The minimum Gasteiger partial charge on any atom is -0.349 e. The van der Waals surface area contributed by atoms with Crippen LogP contribution in [0.1, 0.15) is 30.5 Å². The lowest BCUT2D eigenvalue weighted by molar-refractivity contribution is -0.116. The summed E-state index contributed by atoms with van der Waals surface area (Å²) in [7, 11) is -3.79. The molecular formula is C26H28N4O3S. The van der Waals surface area contributed by atoms with Crippen LogP contribution in [0.3, 0.4) is 0 Å². The maximum Gasteiger partial charge on any atom is 0.264 e. The normalized spacial score (nSPS) is 17.5. The zero-order valence-electron chi connectivity index (χ0n) is 19.6. The van der Waals surface area contributed by atoms with E-state index in [1.807, 2.05) is 13.0 Å². The molecule has 34 heavy (non-hydrogen) atoms. The van der Waals surface area contributed by atoms with E-state index in [0.717, 1.165) is 16.8 Å². The lowest BCUT2D eigenvalue weighted by Gasteiger charge is -2.37. The highest BCUT2D eigenvalue weighted by molar-refractivity contribution is 7.92. The number of sulfonamides is 1. The Morgan fingerprint density at radius 1 is 1.06 bits per heavy atom. The zero-order valence-corrected chi connectivity index (χ0v) is 20.4. The fourth-order valence-corrected chi connectivity index (χ4v) is 6.47. The number of hydrogen-bond acceptors (Lipinski definition) is 5. The Kier molecular flexibility index (Phi) is 5.56. The number of carbonyl (C=O) groups excluding carboxylic acids is 1. The molecular weight excluding hydrogens is 448 g/mol. The molecule has 0 fully saturated rings. The minimum atomic E-state index is -3.79. The highest BCUT2D eigenvalue weighted by Gasteiger charge is 2.35. The number of pyridine rings is 1. The Morgan fingerprint density at radius 3 is 2.56 bits per heavy atom. The first-order valence-electron chi connectivity index (χ1n) is 11.5. The number of anilines is 3. The molecule has 8 heteroatoms. The van der Waals surface area contributed by atoms with Crippen molar-refractivity contribution in [3.05, 3.63) is 77.5 Å². The molecule has 1 aromatic heterocycles. The van der Waals surface area contributed by atoms with E-state index in [1.165, 1.54) is 16.8 Å². The van der Waals surface area contributed by atoms with Gasteiger partial charge in [-0.1, -0.05) is 29.8 Å². The third kappa shape index (κ3) is 3.81. The fraction of sp³-hybridized carbons (Fsp3) is 0.308. The summed E-state index contributed by atoms with van der Waals surface area (Å²) in [4.78, 5) is 20.7. The predicted molar refractivity (Wildman–Crippen MR) is 134 cm³/mol. The number of nitrogens with zero attached hydrogens (tertiary/aromatic N) is 4. The van der Waals surface area contributed by atoms with Crippen molar-refractivity contribution in [1.82, 2.24) is 4.98 Å². The number of hydrogen-bond donors (Lipinski definition) is 0. The first kappa shape index (κ1) is 22.4. The summed E-state index contributed by atoms with van der Waals surface area (Å²) in [5, 5.41) is 0. The Labute approximate surface area is 200 Å². The summed E-state index contributed by atoms with van der Waals surface area (Å²) >= 11 is 0. The van der Waals surface area contributed by atoms with Gasteiger partial charge >= 0.3 is 0 Å². The van der Waals surface area contributed by atoms with E-state index in [2.05, 4.69) is 41.1 Å². The van der Waals surface area contributed by atoms with Gasteiger partial charge in [0.05, 0.1) is 17.1 Å². The second-order valence-electron chi connectivity index (χ2n) is 9.06. The van der Waals surface area contributed by atoms with Gasteiger partial charge in [0.15, 0.2) is 5.82 Å². The Bertz CT molecular complexity index is 1350. The van der Waals surface area contributed by atoms with Gasteiger partial charge in [0.1, 0.15) is 0 Å². The van der Waals surface area contributed by atoms with Gasteiger partial charge in [-0.15, -0.1) is 0 Å². The molecule has 2 aliphatic heterocycles. The van der Waals surface area contributed by atoms with Crippen LogP contribution in [0, 0.1) is 6.92 Å². The van der Waals surface area contributed by atoms with Crippen molar-refractivity contribution in [2.45, 2.75) is 44.7 Å². The molecule has 0 saturated carbocycles. The van der Waals surface area contributed by atoms with E-state index in [-0.39, 0.29) is 16.8 Å². The molecule has 3 heterocycles. The fourth-order valence-electron chi connectivity index (χ4n) is 4.96. The van der Waals surface area contributed by atoms with Gasteiger partial charge in [-0.05, 0) is 61.7 Å². The monoisotopic (exact) mass is 476 g/mol. The molecule has 1 atom stereocenters. The maximum atomic E-state index is 13.7. The van der Waals surface area contributed by atoms with Crippen LogP contribution >= 0.6 is 0 Å². The summed E-state index contributed by atoms with van der Waals surface area (Å²) in [5.74, 6) is 0.627. The van der Waals surface area contributed by atoms with E-state index in [1.54, 1.807) is 35.4 Å². The number of carbonyl (C=O) groups is 1. The van der Waals surface area contributed by atoms with Crippen LogP contribution in [0.4, 0.5) is 17.2 Å². The molecule has 3 aromatic rings. The molecule has 5 rings (SSSR count). The summed E-state index contributed by atoms with van der Waals surface area (Å²) in [6.07, 6.45) is 2.34. The van der Waals surface area contributed by atoms with Crippen molar-refractivity contribution in [3.8, 4) is 0 Å². The molecule has 0 saturated heterocycles. The number of fused-ring (bicyclic) bond motifs is 2. The van der Waals surface area contributed by atoms with Crippen LogP contribution in [-0.4, -0.2) is 38.4 Å². The standard InChI is InChI=1S/C26H28N4O3S/c1-18-6-8-21(9-7-18)17-28-13-14-29(25-5-4-12-27-26(25)28)34(32,33)23-10-11-24-22(16-23)15-19(2)30(24)20(3)31/h4-12,16,19H,13-15,17H2,1-3H3. The Morgan fingerprint density at radius 2 is 1.82 bits per heavy atom. The molecule has 0 aliphatic carbocycles. The minimum absolute atomic E-state index is 0.0145. The van der Waals surface area contributed by atoms with Gasteiger partial charge in [0.25, 0.3) is 10.0 Å². The largest absolute Gasteiger partial charge is 0.349 e. The Balaban J connectivity index is 1.47. The highest BCUT2D eigenvalue weighted by atomic mass is 32.2. The molecule has 2 aliphatic rings. The van der Waals surface area contributed by atoms with Crippen molar-refractivity contribution in [1.29, 1.82) is 0 Å². The van der Waals surface area contributed by atoms with Crippen molar-refractivity contribution in [3.63, 3.8) is 0 Å². The van der Waals surface area contributed by atoms with E-state index in [4.69, 9.17) is 0 Å². The van der Waals surface area contributed by atoms with Gasteiger partial charge in [-0.25, -0.2) is 13.4 Å². The second-order valence-corrected chi connectivity index (χ2v) is 10.9. The molecule has 1 amide bonds. The summed E-state index contributed by atoms with van der Waals surface area (Å²) in [6.45, 7) is 7.11. The van der Waals surface area contributed by atoms with Gasteiger partial charge < -0.3 is 9.80 Å². The average Bonchev–Trinajstić information content (AvgIpc) is 3.15. The lowest BCUT2D eigenvalue weighted by Crippen LogP contribution is -2.44. The van der Waals surface area contributed by atoms with Gasteiger partial charge in [0, 0.05) is 37.9 Å². The quantitative estimate of drug-likeness (QED) is 0.571. The van der Waals surface area contributed by atoms with Gasteiger partial charge in [-0.2, -0.15) is 0 Å². The van der Waals surface area contributed by atoms with Crippen LogP contribution in [-0.2, 0) is 27.8 Å². The van der Waals surface area contributed by atoms with Crippen molar-refractivity contribution in [2.24, 2.45) is 0 Å². The van der Waals surface area contributed by atoms with Crippen LogP contribution < -0.4 is 14.1 Å². The van der Waals surface area contributed by atoms with Gasteiger partial charge in [0.2, 0.25) is 5.91 Å². The number of rotatable bonds is 4. The van der Waals surface area contributed by atoms with E-state index in [9.17, 15) is 13.2 Å². The zero-order chi connectivity index (χ0) is 24.0. The molecule has 1 unspecified atom stereocenters. The third-order valence-corrected chi connectivity index (χ3v) is 8.40. The highest BCUT2D eigenvalue weighted by Crippen LogP contribution is 2.38. The summed E-state index contributed by atoms with van der Waals surface area (Å²) < 4.78 is 29.0. The smallest absolute Gasteiger partial charge is 0.264 e. The second kappa shape index (κ2) is 8.43. The molecule has 2 aromatic carbocycles. The molecule has 0 spiro atoms. The number of benzene rings is 2. The van der Waals surface area contributed by atoms with Crippen LogP contribution in [0.15, 0.2) is 65.7 Å². The summed E-state index contributed by atoms with van der Waals surface area (Å²) in [5.41, 5.74) is 4.62. The first-order valence-corrected chi connectivity index (χ1v) is 12.9. The molecule has 7 nitrogen and oxygen atoms in total. The van der Waals surface area contributed by atoms with Crippen molar-refractivity contribution < 1.29 is 13.2 Å². The third-order valence-electron chi connectivity index (χ3n) is 6.60. The van der Waals surface area contributed by atoms with Crippen LogP contribution in [0.2, 0.25) is 0 Å². The van der Waals surface area contributed by atoms with E-state index >= 15 is 0 Å². The predicted octanol–water partition coefficient (Wildman–Crippen LogP) is 3.90. The van der Waals surface area contributed by atoms with E-state index < -0.39 is 10.0 Å². The van der Waals surface area contributed by atoms with Gasteiger partial charge in [-0.3, -0.25) is 9.10 Å². The molecule has 0 bridgehead atoms. The first-order chi connectivity index (χ1) is 16.3. The van der Waals surface area contributed by atoms with Crippen LogP contribution in [0.5, 0.6) is 0 Å². The van der Waals surface area contributed by atoms with E-state index in [0.29, 0.717) is 37.6 Å². The molecule has 0 N–H and O–H groups in total. The van der Waals surface area contributed by atoms with Crippen molar-refractivity contribution in [2.75, 3.05) is 27.2 Å². The topological polar surface area (TPSA) is 73.8 Å². The number of amides is 1.